The molecule has 0 aliphatic carbocycles. The van der Waals surface area contributed by atoms with Crippen LogP contribution in [-0.2, 0) is 0 Å². The van der Waals surface area contributed by atoms with Crippen LogP contribution in [0.5, 0.6) is 5.75 Å². The van der Waals surface area contributed by atoms with Crippen LogP contribution in [0.2, 0.25) is 0 Å². The Kier molecular flexibility index (Phi) is 5.30. The smallest absolute Gasteiger partial charge is 0.122 e. The molecule has 0 amide bonds. The summed E-state index contributed by atoms with van der Waals surface area (Å²) in [6.07, 6.45) is 4.92. The van der Waals surface area contributed by atoms with Crippen LogP contribution < -0.4 is 10.2 Å². The van der Waals surface area contributed by atoms with Crippen molar-refractivity contribution in [3.8, 4) is 5.75 Å². The summed E-state index contributed by atoms with van der Waals surface area (Å²) in [6, 6.07) is 6.93. The van der Waals surface area contributed by atoms with Gasteiger partial charge in [0.15, 0.2) is 0 Å². The Morgan fingerprint density at radius 1 is 1.40 bits per heavy atom. The maximum absolute atomic E-state index is 10.3. The first-order valence-corrected chi connectivity index (χ1v) is 7.96. The van der Waals surface area contributed by atoms with E-state index in [4.69, 9.17) is 0 Å². The molecule has 2 N–H and O–H groups in total. The van der Waals surface area contributed by atoms with E-state index in [2.05, 4.69) is 43.1 Å². The molecule has 112 valence electrons. The molecule has 1 fully saturated rings. The van der Waals surface area contributed by atoms with Crippen molar-refractivity contribution < 1.29 is 5.11 Å². The first kappa shape index (κ1) is 15.2. The Balaban J connectivity index is 2.12. The van der Waals surface area contributed by atoms with Crippen LogP contribution in [0, 0.1) is 0 Å². The number of aromatic hydroxyl groups is 1. The van der Waals surface area contributed by atoms with Gasteiger partial charge < -0.3 is 15.3 Å². The lowest BCUT2D eigenvalue weighted by Crippen LogP contribution is -2.37. The average molecular weight is 276 g/mol. The zero-order valence-corrected chi connectivity index (χ0v) is 13.0. The molecule has 1 aliphatic heterocycles. The molecular weight excluding hydrogens is 248 g/mol. The molecule has 0 bridgehead atoms. The highest BCUT2D eigenvalue weighted by Crippen LogP contribution is 2.32. The largest absolute Gasteiger partial charge is 0.508 e. The number of phenolic OH excluding ortho intramolecular Hbond substituents is 1. The van der Waals surface area contributed by atoms with Gasteiger partial charge in [0.2, 0.25) is 0 Å². The van der Waals surface area contributed by atoms with Crippen LogP contribution in [0.3, 0.4) is 0 Å². The highest BCUT2D eigenvalue weighted by Gasteiger charge is 2.20. The molecule has 2 unspecified atom stereocenters. The summed E-state index contributed by atoms with van der Waals surface area (Å²) in [5, 5.41) is 13.7. The summed E-state index contributed by atoms with van der Waals surface area (Å²) in [4.78, 5) is 2.41. The predicted octanol–water partition coefficient (Wildman–Crippen LogP) is 3.83. The van der Waals surface area contributed by atoms with E-state index in [0.29, 0.717) is 11.8 Å². The van der Waals surface area contributed by atoms with E-state index in [0.717, 1.165) is 30.8 Å². The quantitative estimate of drug-likeness (QED) is 0.858. The molecule has 20 heavy (non-hydrogen) atoms. The van der Waals surface area contributed by atoms with Gasteiger partial charge in [0.1, 0.15) is 5.75 Å². The Hall–Kier alpha value is -1.22. The van der Waals surface area contributed by atoms with Crippen molar-refractivity contribution in [3.05, 3.63) is 23.8 Å². The van der Waals surface area contributed by atoms with Gasteiger partial charge in [-0.15, -0.1) is 0 Å². The third-order valence-electron chi connectivity index (χ3n) is 4.32. The first-order chi connectivity index (χ1) is 9.63. The Morgan fingerprint density at radius 3 is 2.85 bits per heavy atom. The molecule has 2 atom stereocenters. The van der Waals surface area contributed by atoms with Crippen molar-refractivity contribution in [2.75, 3.05) is 18.0 Å². The molecule has 1 aromatic carbocycles. The molecule has 0 saturated carbocycles. The highest BCUT2D eigenvalue weighted by molar-refractivity contribution is 5.54. The van der Waals surface area contributed by atoms with Crippen LogP contribution in [0.15, 0.2) is 18.2 Å². The van der Waals surface area contributed by atoms with Crippen molar-refractivity contribution in [2.45, 2.75) is 58.5 Å². The average Bonchev–Trinajstić information content (AvgIpc) is 2.45. The Morgan fingerprint density at radius 2 is 2.20 bits per heavy atom. The lowest BCUT2D eigenvalue weighted by Gasteiger charge is -2.35. The topological polar surface area (TPSA) is 35.5 Å². The molecule has 1 saturated heterocycles. The zero-order chi connectivity index (χ0) is 14.5. The molecular formula is C17H28N2O. The minimum Gasteiger partial charge on any atom is -0.508 e. The van der Waals surface area contributed by atoms with Gasteiger partial charge in [0.05, 0.1) is 0 Å². The van der Waals surface area contributed by atoms with Crippen molar-refractivity contribution >= 4 is 5.69 Å². The van der Waals surface area contributed by atoms with E-state index < -0.39 is 0 Å². The van der Waals surface area contributed by atoms with Gasteiger partial charge in [-0.2, -0.15) is 0 Å². The van der Waals surface area contributed by atoms with Crippen molar-refractivity contribution in [1.29, 1.82) is 0 Å². The van der Waals surface area contributed by atoms with E-state index in [9.17, 15) is 5.11 Å². The third-order valence-corrected chi connectivity index (χ3v) is 4.32. The first-order valence-electron chi connectivity index (χ1n) is 7.96. The van der Waals surface area contributed by atoms with Crippen LogP contribution >= 0.6 is 0 Å². The second kappa shape index (κ2) is 6.98. The number of hydrogen-bond acceptors (Lipinski definition) is 3. The molecule has 2 rings (SSSR count). The zero-order valence-electron chi connectivity index (χ0n) is 13.0. The minimum atomic E-state index is 0.197. The summed E-state index contributed by atoms with van der Waals surface area (Å²) in [5.41, 5.74) is 2.15. The molecule has 1 aromatic rings. The maximum Gasteiger partial charge on any atom is 0.122 e. The fourth-order valence-corrected chi connectivity index (χ4v) is 3.03. The Labute approximate surface area is 123 Å². The lowest BCUT2D eigenvalue weighted by molar-refractivity contribution is 0.450. The number of benzene rings is 1. The number of hydrogen-bond donors (Lipinski definition) is 2. The van der Waals surface area contributed by atoms with Crippen LogP contribution in [0.1, 0.15) is 58.1 Å². The summed E-state index contributed by atoms with van der Waals surface area (Å²) >= 11 is 0. The van der Waals surface area contributed by atoms with E-state index in [1.165, 1.54) is 19.3 Å². The second-order valence-electron chi connectivity index (χ2n) is 5.96. The van der Waals surface area contributed by atoms with Crippen molar-refractivity contribution in [2.24, 2.45) is 0 Å². The molecule has 0 spiro atoms. The van der Waals surface area contributed by atoms with Gasteiger partial charge >= 0.3 is 0 Å². The van der Waals surface area contributed by atoms with Crippen molar-refractivity contribution in [1.82, 2.24) is 5.32 Å². The summed E-state index contributed by atoms with van der Waals surface area (Å²) in [7, 11) is 0. The van der Waals surface area contributed by atoms with Gasteiger partial charge in [-0.3, -0.25) is 0 Å². The standard InChI is InChI=1S/C17H28N2O/c1-4-10-18-14(3)16-9-8-15(12-17(16)20)19-11-6-5-7-13(19)2/h8-9,12-14,18,20H,4-7,10-11H2,1-3H3. The normalized spacial score (nSPS) is 20.9. The number of anilines is 1. The monoisotopic (exact) mass is 276 g/mol. The molecule has 1 aliphatic rings. The summed E-state index contributed by atoms with van der Waals surface area (Å²) in [6.45, 7) is 8.61. The number of nitrogens with zero attached hydrogens (tertiary/aromatic N) is 1. The number of phenols is 1. The third kappa shape index (κ3) is 3.45. The highest BCUT2D eigenvalue weighted by atomic mass is 16.3. The summed E-state index contributed by atoms with van der Waals surface area (Å²) < 4.78 is 0. The second-order valence-corrected chi connectivity index (χ2v) is 5.96. The van der Waals surface area contributed by atoms with Gasteiger partial charge in [-0.05, 0) is 52.1 Å². The molecule has 0 aromatic heterocycles. The predicted molar refractivity (Wildman–Crippen MR) is 85.5 cm³/mol. The SMILES string of the molecule is CCCNC(C)c1ccc(N2CCCCC2C)cc1O. The minimum absolute atomic E-state index is 0.197. The van der Waals surface area contributed by atoms with Crippen LogP contribution in [0.25, 0.3) is 0 Å². The fraction of sp³-hybridized carbons (Fsp3) is 0.647. The van der Waals surface area contributed by atoms with E-state index >= 15 is 0 Å². The van der Waals surface area contributed by atoms with Crippen LogP contribution in [0.4, 0.5) is 5.69 Å². The number of rotatable bonds is 5. The van der Waals surface area contributed by atoms with Gasteiger partial charge in [-0.25, -0.2) is 0 Å². The maximum atomic E-state index is 10.3. The van der Waals surface area contributed by atoms with Gasteiger partial charge in [-0.1, -0.05) is 13.0 Å². The van der Waals surface area contributed by atoms with Gasteiger partial charge in [0.25, 0.3) is 0 Å². The Bertz CT molecular complexity index is 433. The number of piperidine rings is 1. The van der Waals surface area contributed by atoms with Gasteiger partial charge in [0, 0.05) is 35.9 Å². The molecule has 3 heteroatoms. The lowest BCUT2D eigenvalue weighted by atomic mass is 10.0. The molecule has 0 radical (unpaired) electrons. The fourth-order valence-electron chi connectivity index (χ4n) is 3.03. The molecule has 1 heterocycles. The molecule has 3 nitrogen and oxygen atoms in total. The van der Waals surface area contributed by atoms with E-state index in [1.807, 2.05) is 6.07 Å². The van der Waals surface area contributed by atoms with E-state index in [-0.39, 0.29) is 6.04 Å². The van der Waals surface area contributed by atoms with Crippen molar-refractivity contribution in [3.63, 3.8) is 0 Å². The van der Waals surface area contributed by atoms with Crippen LogP contribution in [-0.4, -0.2) is 24.2 Å². The number of nitrogens with one attached hydrogen (secondary N) is 1. The van der Waals surface area contributed by atoms with E-state index in [1.54, 1.807) is 0 Å². The summed E-state index contributed by atoms with van der Waals surface area (Å²) in [5.74, 6) is 0.413.